The summed E-state index contributed by atoms with van der Waals surface area (Å²) in [5.74, 6) is -2.73. The molecule has 2 aliphatic carbocycles. The first-order valence-corrected chi connectivity index (χ1v) is 7.27. The van der Waals surface area contributed by atoms with Crippen LogP contribution in [-0.2, 0) is 9.59 Å². The summed E-state index contributed by atoms with van der Waals surface area (Å²) in [6, 6.07) is 4.50. The zero-order valence-electron chi connectivity index (χ0n) is 11.8. The number of carboxylic acid groups (broad SMARTS) is 1. The lowest BCUT2D eigenvalue weighted by Crippen LogP contribution is -2.38. The van der Waals surface area contributed by atoms with E-state index in [1.54, 1.807) is 12.1 Å². The number of nitrogens with one attached hydrogen (secondary N) is 1. The summed E-state index contributed by atoms with van der Waals surface area (Å²) in [4.78, 5) is 23.9. The number of anilines is 1. The Labute approximate surface area is 122 Å². The summed E-state index contributed by atoms with van der Waals surface area (Å²) >= 11 is 0. The number of carbonyl (C=O) groups excluding carboxylic acids is 1. The molecule has 2 bridgehead atoms. The van der Waals surface area contributed by atoms with Gasteiger partial charge in [0.2, 0.25) is 5.91 Å². The van der Waals surface area contributed by atoms with Gasteiger partial charge in [-0.25, -0.2) is 4.39 Å². The smallest absolute Gasteiger partial charge is 0.307 e. The number of amides is 1. The zero-order chi connectivity index (χ0) is 15.1. The molecule has 1 amide bonds. The molecule has 112 valence electrons. The molecule has 0 heterocycles. The third-order valence-electron chi connectivity index (χ3n) is 4.88. The van der Waals surface area contributed by atoms with Gasteiger partial charge in [0.1, 0.15) is 5.82 Å². The van der Waals surface area contributed by atoms with Gasteiger partial charge in [-0.05, 0) is 55.7 Å². The van der Waals surface area contributed by atoms with E-state index in [9.17, 15) is 19.1 Å². The molecule has 21 heavy (non-hydrogen) atoms. The van der Waals surface area contributed by atoms with Crippen LogP contribution in [0.25, 0.3) is 0 Å². The fourth-order valence-corrected chi connectivity index (χ4v) is 3.97. The van der Waals surface area contributed by atoms with E-state index < -0.39 is 23.6 Å². The van der Waals surface area contributed by atoms with Gasteiger partial charge in [0.15, 0.2) is 0 Å². The fourth-order valence-electron chi connectivity index (χ4n) is 3.97. The predicted octanol–water partition coefficient (Wildman–Crippen LogP) is 2.82. The molecule has 2 fully saturated rings. The molecule has 2 saturated carbocycles. The van der Waals surface area contributed by atoms with E-state index in [0.29, 0.717) is 0 Å². The van der Waals surface area contributed by atoms with Crippen LogP contribution in [0.5, 0.6) is 0 Å². The molecular weight excluding hydrogens is 273 g/mol. The largest absolute Gasteiger partial charge is 0.481 e. The van der Waals surface area contributed by atoms with Crippen LogP contribution >= 0.6 is 0 Å². The maximum Gasteiger partial charge on any atom is 0.307 e. The Balaban J connectivity index is 1.81. The normalized spacial score (nSPS) is 30.4. The third-order valence-corrected chi connectivity index (χ3v) is 4.88. The standard InChI is InChI=1S/C16H18FNO3/c1-8-2-5-11(17)12(6-8)18-15(19)13-9-3-4-10(7-9)14(13)16(20)21/h2,5-6,9-10,13-14H,3-4,7H2,1H3,(H,18,19)(H,20,21)/t9-,10+,13-,14+/m1/s1. The molecule has 4 nitrogen and oxygen atoms in total. The van der Waals surface area contributed by atoms with Crippen LogP contribution in [0.3, 0.4) is 0 Å². The highest BCUT2D eigenvalue weighted by molar-refractivity contribution is 5.96. The molecule has 1 aromatic carbocycles. The number of halogens is 1. The van der Waals surface area contributed by atoms with Gasteiger partial charge in [-0.2, -0.15) is 0 Å². The summed E-state index contributed by atoms with van der Waals surface area (Å²) in [6.45, 7) is 1.81. The third kappa shape index (κ3) is 2.41. The minimum atomic E-state index is -0.910. The van der Waals surface area contributed by atoms with Gasteiger partial charge >= 0.3 is 5.97 Å². The van der Waals surface area contributed by atoms with Crippen molar-refractivity contribution in [2.45, 2.75) is 26.2 Å². The van der Waals surface area contributed by atoms with Crippen molar-refractivity contribution in [1.29, 1.82) is 0 Å². The number of fused-ring (bicyclic) bond motifs is 2. The minimum absolute atomic E-state index is 0.0885. The molecule has 0 radical (unpaired) electrons. The first-order chi connectivity index (χ1) is 9.97. The molecule has 0 spiro atoms. The summed E-state index contributed by atoms with van der Waals surface area (Å²) in [5.41, 5.74) is 0.973. The molecule has 4 atom stereocenters. The van der Waals surface area contributed by atoms with Crippen LogP contribution in [0, 0.1) is 36.4 Å². The summed E-state index contributed by atoms with van der Waals surface area (Å²) < 4.78 is 13.7. The SMILES string of the molecule is Cc1ccc(F)c(NC(=O)[C@@H]2[C@@H]3CC[C@@H](C3)[C@@H]2C(=O)O)c1. The number of aliphatic carboxylic acids is 1. The van der Waals surface area contributed by atoms with Gasteiger partial charge < -0.3 is 10.4 Å². The summed E-state index contributed by atoms with van der Waals surface area (Å²) in [6.07, 6.45) is 2.57. The van der Waals surface area contributed by atoms with Crippen LogP contribution in [0.15, 0.2) is 18.2 Å². The highest BCUT2D eigenvalue weighted by Gasteiger charge is 2.54. The number of carboxylic acids is 1. The Bertz CT molecular complexity index is 601. The van der Waals surface area contributed by atoms with Gasteiger partial charge in [0.05, 0.1) is 17.5 Å². The average Bonchev–Trinajstić information content (AvgIpc) is 3.03. The highest BCUT2D eigenvalue weighted by Crippen LogP contribution is 2.52. The van der Waals surface area contributed by atoms with Crippen molar-refractivity contribution in [2.24, 2.45) is 23.7 Å². The lowest BCUT2D eigenvalue weighted by molar-refractivity contribution is -0.148. The maximum absolute atomic E-state index is 13.7. The first kappa shape index (κ1) is 14.0. The fraction of sp³-hybridized carbons (Fsp3) is 0.500. The number of hydrogen-bond acceptors (Lipinski definition) is 2. The number of hydrogen-bond donors (Lipinski definition) is 2. The van der Waals surface area contributed by atoms with E-state index in [2.05, 4.69) is 5.32 Å². The quantitative estimate of drug-likeness (QED) is 0.900. The zero-order valence-corrected chi connectivity index (χ0v) is 11.8. The van der Waals surface area contributed by atoms with E-state index in [0.717, 1.165) is 24.8 Å². The lowest BCUT2D eigenvalue weighted by Gasteiger charge is -2.27. The molecule has 0 aromatic heterocycles. The molecule has 5 heteroatoms. The van der Waals surface area contributed by atoms with Crippen molar-refractivity contribution < 1.29 is 19.1 Å². The van der Waals surface area contributed by atoms with Gasteiger partial charge in [0, 0.05) is 0 Å². The molecule has 1 aromatic rings. The van der Waals surface area contributed by atoms with E-state index in [1.165, 1.54) is 6.07 Å². The molecule has 0 saturated heterocycles. The van der Waals surface area contributed by atoms with E-state index in [1.807, 2.05) is 6.92 Å². The Morgan fingerprint density at radius 2 is 1.90 bits per heavy atom. The molecule has 2 N–H and O–H groups in total. The first-order valence-electron chi connectivity index (χ1n) is 7.27. The van der Waals surface area contributed by atoms with Crippen LogP contribution in [0.4, 0.5) is 10.1 Å². The maximum atomic E-state index is 13.7. The molecule has 3 rings (SSSR count). The van der Waals surface area contributed by atoms with E-state index in [4.69, 9.17) is 0 Å². The number of benzene rings is 1. The van der Waals surface area contributed by atoms with Gasteiger partial charge in [-0.3, -0.25) is 9.59 Å². The van der Waals surface area contributed by atoms with Gasteiger partial charge in [-0.15, -0.1) is 0 Å². The highest BCUT2D eigenvalue weighted by atomic mass is 19.1. The van der Waals surface area contributed by atoms with E-state index in [-0.39, 0.29) is 23.4 Å². The van der Waals surface area contributed by atoms with Crippen LogP contribution < -0.4 is 5.32 Å². The second-order valence-corrected chi connectivity index (χ2v) is 6.20. The number of carbonyl (C=O) groups is 2. The number of aryl methyl sites for hydroxylation is 1. The second kappa shape index (κ2) is 5.13. The Morgan fingerprint density at radius 3 is 2.57 bits per heavy atom. The molecule has 2 aliphatic rings. The van der Waals surface area contributed by atoms with Crippen molar-refractivity contribution >= 4 is 17.6 Å². The van der Waals surface area contributed by atoms with Crippen LogP contribution in [0.2, 0.25) is 0 Å². The monoisotopic (exact) mass is 291 g/mol. The summed E-state index contributed by atoms with van der Waals surface area (Å²) in [5, 5.41) is 12.0. The molecular formula is C16H18FNO3. The predicted molar refractivity (Wildman–Crippen MR) is 75.2 cm³/mol. The van der Waals surface area contributed by atoms with Crippen molar-refractivity contribution in [3.63, 3.8) is 0 Å². The van der Waals surface area contributed by atoms with Crippen LogP contribution in [0.1, 0.15) is 24.8 Å². The molecule has 0 aliphatic heterocycles. The number of rotatable bonds is 3. The van der Waals surface area contributed by atoms with Crippen molar-refractivity contribution in [3.8, 4) is 0 Å². The Kier molecular flexibility index (Phi) is 3.43. The summed E-state index contributed by atoms with van der Waals surface area (Å²) in [7, 11) is 0. The topological polar surface area (TPSA) is 66.4 Å². The Hall–Kier alpha value is -1.91. The van der Waals surface area contributed by atoms with Crippen molar-refractivity contribution in [1.82, 2.24) is 0 Å². The molecule has 0 unspecified atom stereocenters. The Morgan fingerprint density at radius 1 is 1.24 bits per heavy atom. The van der Waals surface area contributed by atoms with Gasteiger partial charge in [0.25, 0.3) is 0 Å². The lowest BCUT2D eigenvalue weighted by atomic mass is 9.78. The van der Waals surface area contributed by atoms with Crippen molar-refractivity contribution in [2.75, 3.05) is 5.32 Å². The van der Waals surface area contributed by atoms with Gasteiger partial charge in [-0.1, -0.05) is 6.07 Å². The minimum Gasteiger partial charge on any atom is -0.481 e. The second-order valence-electron chi connectivity index (χ2n) is 6.20. The van der Waals surface area contributed by atoms with Crippen LogP contribution in [-0.4, -0.2) is 17.0 Å². The average molecular weight is 291 g/mol. The van der Waals surface area contributed by atoms with Crippen molar-refractivity contribution in [3.05, 3.63) is 29.6 Å². The van der Waals surface area contributed by atoms with E-state index >= 15 is 0 Å².